The number of methoxy groups -OCH3 is 1. The van der Waals surface area contributed by atoms with Crippen LogP contribution in [0.15, 0.2) is 18.2 Å². The van der Waals surface area contributed by atoms with Gasteiger partial charge in [-0.1, -0.05) is 6.07 Å². The van der Waals surface area contributed by atoms with E-state index in [0.29, 0.717) is 18.1 Å². The van der Waals surface area contributed by atoms with Gasteiger partial charge >= 0.3 is 0 Å². The van der Waals surface area contributed by atoms with E-state index in [0.717, 1.165) is 5.56 Å². The molecule has 1 aliphatic rings. The monoisotopic (exact) mass is 271 g/mol. The fourth-order valence-electron chi connectivity index (χ4n) is 2.25. The number of alkyl halides is 2. The van der Waals surface area contributed by atoms with Gasteiger partial charge in [0.05, 0.1) is 13.7 Å². The maximum atomic E-state index is 12.7. The van der Waals surface area contributed by atoms with Crippen molar-refractivity contribution in [3.63, 3.8) is 0 Å². The van der Waals surface area contributed by atoms with Crippen LogP contribution in [-0.4, -0.2) is 19.6 Å². The fraction of sp³-hybridized carbons (Fsp3) is 0.571. The Morgan fingerprint density at radius 2 is 2.11 bits per heavy atom. The molecule has 1 fully saturated rings. The lowest BCUT2D eigenvalue weighted by molar-refractivity contribution is -0.119. The molecule has 1 aromatic carbocycles. The number of nitrogens with two attached hydrogens (primary N) is 1. The lowest BCUT2D eigenvalue weighted by atomic mass is 9.82. The molecule has 0 saturated heterocycles. The second kappa shape index (κ2) is 5.33. The third kappa shape index (κ3) is 3.35. The SMILES string of the molecule is COc1ccc([C@H](C)N)c(OCC2CC(F)(F)C2)c1. The van der Waals surface area contributed by atoms with E-state index in [9.17, 15) is 8.78 Å². The molecule has 2 rings (SSSR count). The summed E-state index contributed by atoms with van der Waals surface area (Å²) >= 11 is 0. The van der Waals surface area contributed by atoms with Gasteiger partial charge in [-0.05, 0) is 13.0 Å². The maximum absolute atomic E-state index is 12.7. The minimum Gasteiger partial charge on any atom is -0.497 e. The summed E-state index contributed by atoms with van der Waals surface area (Å²) in [4.78, 5) is 0. The van der Waals surface area contributed by atoms with Crippen LogP contribution in [0.3, 0.4) is 0 Å². The summed E-state index contributed by atoms with van der Waals surface area (Å²) in [5, 5.41) is 0. The van der Waals surface area contributed by atoms with Crippen LogP contribution < -0.4 is 15.2 Å². The van der Waals surface area contributed by atoms with Gasteiger partial charge in [0.1, 0.15) is 11.5 Å². The highest BCUT2D eigenvalue weighted by molar-refractivity contribution is 5.42. The van der Waals surface area contributed by atoms with Crippen LogP contribution in [-0.2, 0) is 0 Å². The summed E-state index contributed by atoms with van der Waals surface area (Å²) in [6.07, 6.45) is -0.186. The molecule has 1 aliphatic carbocycles. The summed E-state index contributed by atoms with van der Waals surface area (Å²) in [5.74, 6) is -1.31. The van der Waals surface area contributed by atoms with E-state index >= 15 is 0 Å². The first-order valence-electron chi connectivity index (χ1n) is 6.35. The highest BCUT2D eigenvalue weighted by Gasteiger charge is 2.45. The zero-order chi connectivity index (χ0) is 14.0. The summed E-state index contributed by atoms with van der Waals surface area (Å²) in [6.45, 7) is 2.15. The van der Waals surface area contributed by atoms with Gasteiger partial charge in [-0.2, -0.15) is 0 Å². The second-order valence-electron chi connectivity index (χ2n) is 5.13. The molecule has 0 spiro atoms. The van der Waals surface area contributed by atoms with E-state index in [1.807, 2.05) is 19.1 Å². The Balaban J connectivity index is 2.01. The van der Waals surface area contributed by atoms with E-state index in [4.69, 9.17) is 15.2 Å². The van der Waals surface area contributed by atoms with Crippen LogP contribution in [0, 0.1) is 5.92 Å². The van der Waals surface area contributed by atoms with E-state index in [1.165, 1.54) is 0 Å². The molecule has 106 valence electrons. The summed E-state index contributed by atoms with van der Waals surface area (Å²) < 4.78 is 36.3. The third-order valence-electron chi connectivity index (χ3n) is 3.36. The number of halogens is 2. The van der Waals surface area contributed by atoms with Crippen molar-refractivity contribution in [3.05, 3.63) is 23.8 Å². The van der Waals surface area contributed by atoms with Crippen LogP contribution in [0.4, 0.5) is 8.78 Å². The molecular formula is C14H19F2NO2. The predicted octanol–water partition coefficient (Wildman–Crippen LogP) is 3.14. The first-order valence-corrected chi connectivity index (χ1v) is 6.35. The van der Waals surface area contributed by atoms with Gasteiger partial charge in [-0.15, -0.1) is 0 Å². The number of benzene rings is 1. The lowest BCUT2D eigenvalue weighted by Crippen LogP contribution is -2.38. The van der Waals surface area contributed by atoms with Crippen LogP contribution in [0.5, 0.6) is 11.5 Å². The van der Waals surface area contributed by atoms with E-state index in [1.54, 1.807) is 13.2 Å². The highest BCUT2D eigenvalue weighted by atomic mass is 19.3. The van der Waals surface area contributed by atoms with Crippen LogP contribution in [0.25, 0.3) is 0 Å². The molecular weight excluding hydrogens is 252 g/mol. The van der Waals surface area contributed by atoms with Crippen molar-refractivity contribution in [2.75, 3.05) is 13.7 Å². The maximum Gasteiger partial charge on any atom is 0.248 e. The molecule has 3 nitrogen and oxygen atoms in total. The van der Waals surface area contributed by atoms with E-state index < -0.39 is 5.92 Å². The van der Waals surface area contributed by atoms with Gasteiger partial charge < -0.3 is 15.2 Å². The average molecular weight is 271 g/mol. The van der Waals surface area contributed by atoms with Crippen LogP contribution in [0.2, 0.25) is 0 Å². The first kappa shape index (κ1) is 14.1. The zero-order valence-corrected chi connectivity index (χ0v) is 11.2. The molecule has 0 bridgehead atoms. The van der Waals surface area contributed by atoms with Gasteiger partial charge in [0.15, 0.2) is 0 Å². The molecule has 0 unspecified atom stereocenters. The van der Waals surface area contributed by atoms with E-state index in [2.05, 4.69) is 0 Å². The van der Waals surface area contributed by atoms with Crippen molar-refractivity contribution in [1.82, 2.24) is 0 Å². The minimum absolute atomic E-state index is 0.0814. The molecule has 1 saturated carbocycles. The summed E-state index contributed by atoms with van der Waals surface area (Å²) in [5.41, 5.74) is 6.71. The fourth-order valence-corrected chi connectivity index (χ4v) is 2.25. The molecule has 1 atom stereocenters. The number of hydrogen-bond donors (Lipinski definition) is 1. The Bertz CT molecular complexity index is 441. The molecule has 0 aromatic heterocycles. The number of ether oxygens (including phenoxy) is 2. The van der Waals surface area contributed by atoms with Gasteiger partial charge in [0, 0.05) is 36.4 Å². The summed E-state index contributed by atoms with van der Waals surface area (Å²) in [7, 11) is 1.57. The normalized spacial score (nSPS) is 19.6. The number of rotatable bonds is 5. The van der Waals surface area contributed by atoms with Crippen molar-refractivity contribution < 1.29 is 18.3 Å². The molecule has 2 N–H and O–H groups in total. The summed E-state index contributed by atoms with van der Waals surface area (Å²) in [6, 6.07) is 5.22. The Labute approximate surface area is 111 Å². The largest absolute Gasteiger partial charge is 0.497 e. The molecule has 0 radical (unpaired) electrons. The van der Waals surface area contributed by atoms with Crippen LogP contribution >= 0.6 is 0 Å². The van der Waals surface area contributed by atoms with Crippen molar-refractivity contribution in [2.45, 2.75) is 31.7 Å². The molecule has 1 aromatic rings. The second-order valence-corrected chi connectivity index (χ2v) is 5.13. The Kier molecular flexibility index (Phi) is 3.94. The highest BCUT2D eigenvalue weighted by Crippen LogP contribution is 2.42. The van der Waals surface area contributed by atoms with Gasteiger partial charge in [-0.25, -0.2) is 8.78 Å². The van der Waals surface area contributed by atoms with Gasteiger partial charge in [-0.3, -0.25) is 0 Å². The third-order valence-corrected chi connectivity index (χ3v) is 3.36. The van der Waals surface area contributed by atoms with Gasteiger partial charge in [0.2, 0.25) is 5.92 Å². The predicted molar refractivity (Wildman–Crippen MR) is 68.8 cm³/mol. The van der Waals surface area contributed by atoms with Crippen molar-refractivity contribution >= 4 is 0 Å². The average Bonchev–Trinajstić information content (AvgIpc) is 2.33. The standard InChI is InChI=1S/C14H19F2NO2/c1-9(17)12-4-3-11(18-2)5-13(12)19-8-10-6-14(15,16)7-10/h3-5,9-10H,6-8,17H2,1-2H3/t9-/m0/s1. The smallest absolute Gasteiger partial charge is 0.248 e. The van der Waals surface area contributed by atoms with E-state index in [-0.39, 0.29) is 24.8 Å². The minimum atomic E-state index is -2.51. The Morgan fingerprint density at radius 1 is 1.42 bits per heavy atom. The Morgan fingerprint density at radius 3 is 2.63 bits per heavy atom. The molecule has 0 amide bonds. The van der Waals surface area contributed by atoms with Crippen LogP contribution in [0.1, 0.15) is 31.4 Å². The molecule has 0 heterocycles. The topological polar surface area (TPSA) is 44.5 Å². The number of hydrogen-bond acceptors (Lipinski definition) is 3. The molecule has 0 aliphatic heterocycles. The van der Waals surface area contributed by atoms with Crippen molar-refractivity contribution in [3.8, 4) is 11.5 Å². The van der Waals surface area contributed by atoms with Crippen molar-refractivity contribution in [2.24, 2.45) is 11.7 Å². The lowest BCUT2D eigenvalue weighted by Gasteiger charge is -2.34. The quantitative estimate of drug-likeness (QED) is 0.894. The Hall–Kier alpha value is -1.36. The molecule has 5 heteroatoms. The van der Waals surface area contributed by atoms with Gasteiger partial charge in [0.25, 0.3) is 0 Å². The van der Waals surface area contributed by atoms with Crippen molar-refractivity contribution in [1.29, 1.82) is 0 Å². The zero-order valence-electron chi connectivity index (χ0n) is 11.2. The molecule has 19 heavy (non-hydrogen) atoms. The first-order chi connectivity index (χ1) is 8.91.